The first-order valence-electron chi connectivity index (χ1n) is 8.39. The standard InChI is InChI=1S/C17H25FN2O3S/c1-24(22,23)20(14-8-4-2-3-5-9-14)13-12-17(21)19-16-11-7-6-10-15(16)18/h6-7,10-11,14H,2-5,8-9,12-13H2,1H3,(H,19,21). The predicted octanol–water partition coefficient (Wildman–Crippen LogP) is 3.14. The number of nitrogens with one attached hydrogen (secondary N) is 1. The Kier molecular flexibility index (Phi) is 6.74. The molecule has 1 aromatic carbocycles. The summed E-state index contributed by atoms with van der Waals surface area (Å²) in [4.78, 5) is 12.0. The summed E-state index contributed by atoms with van der Waals surface area (Å²) in [6.07, 6.45) is 7.15. The Labute approximate surface area is 143 Å². The number of hydrogen-bond donors (Lipinski definition) is 1. The molecule has 5 nitrogen and oxygen atoms in total. The highest BCUT2D eigenvalue weighted by atomic mass is 32.2. The van der Waals surface area contributed by atoms with Gasteiger partial charge in [0.05, 0.1) is 11.9 Å². The molecule has 134 valence electrons. The minimum absolute atomic E-state index is 0.0118. The van der Waals surface area contributed by atoms with Crippen molar-refractivity contribution >= 4 is 21.6 Å². The zero-order valence-corrected chi connectivity index (χ0v) is 14.8. The number of benzene rings is 1. The molecule has 1 N–H and O–H groups in total. The number of carbonyl (C=O) groups is 1. The smallest absolute Gasteiger partial charge is 0.225 e. The fourth-order valence-electron chi connectivity index (χ4n) is 3.15. The van der Waals surface area contributed by atoms with E-state index in [-0.39, 0.29) is 30.6 Å². The Morgan fingerprint density at radius 1 is 1.21 bits per heavy atom. The molecule has 0 aliphatic heterocycles. The van der Waals surface area contributed by atoms with E-state index in [9.17, 15) is 17.6 Å². The number of halogens is 1. The highest BCUT2D eigenvalue weighted by molar-refractivity contribution is 7.88. The van der Waals surface area contributed by atoms with Crippen molar-refractivity contribution in [3.63, 3.8) is 0 Å². The Morgan fingerprint density at radius 2 is 1.83 bits per heavy atom. The van der Waals surface area contributed by atoms with Crippen molar-refractivity contribution in [2.24, 2.45) is 0 Å². The largest absolute Gasteiger partial charge is 0.324 e. The zero-order chi connectivity index (χ0) is 17.6. The first-order chi connectivity index (χ1) is 11.4. The topological polar surface area (TPSA) is 66.5 Å². The molecule has 24 heavy (non-hydrogen) atoms. The van der Waals surface area contributed by atoms with Crippen LogP contribution in [0.25, 0.3) is 0 Å². The van der Waals surface area contributed by atoms with Crippen molar-refractivity contribution in [1.29, 1.82) is 0 Å². The molecule has 0 bridgehead atoms. The molecule has 1 aromatic rings. The van der Waals surface area contributed by atoms with Crippen LogP contribution in [-0.4, -0.2) is 37.5 Å². The molecule has 1 aliphatic carbocycles. The summed E-state index contributed by atoms with van der Waals surface area (Å²) in [6, 6.07) is 5.88. The van der Waals surface area contributed by atoms with Gasteiger partial charge in [0.2, 0.25) is 15.9 Å². The fourth-order valence-corrected chi connectivity index (χ4v) is 4.33. The lowest BCUT2D eigenvalue weighted by Crippen LogP contribution is -2.41. The van der Waals surface area contributed by atoms with Crippen molar-refractivity contribution in [2.75, 3.05) is 18.1 Å². The molecule has 7 heteroatoms. The van der Waals surface area contributed by atoms with Gasteiger partial charge in [-0.1, -0.05) is 37.8 Å². The van der Waals surface area contributed by atoms with Crippen LogP contribution in [0.2, 0.25) is 0 Å². The van der Waals surface area contributed by atoms with E-state index in [2.05, 4.69) is 5.32 Å². The summed E-state index contributed by atoms with van der Waals surface area (Å²) in [7, 11) is -3.38. The van der Waals surface area contributed by atoms with Crippen LogP contribution in [0.15, 0.2) is 24.3 Å². The van der Waals surface area contributed by atoms with E-state index in [0.29, 0.717) is 0 Å². The van der Waals surface area contributed by atoms with Crippen LogP contribution in [0.5, 0.6) is 0 Å². The van der Waals surface area contributed by atoms with E-state index in [4.69, 9.17) is 0 Å². The Hall–Kier alpha value is -1.47. The summed E-state index contributed by atoms with van der Waals surface area (Å²) in [6.45, 7) is 0.129. The molecule has 0 spiro atoms. The number of carbonyl (C=O) groups excluding carboxylic acids is 1. The van der Waals surface area contributed by atoms with E-state index in [1.54, 1.807) is 12.1 Å². The molecule has 0 saturated heterocycles. The van der Waals surface area contributed by atoms with E-state index >= 15 is 0 Å². The van der Waals surface area contributed by atoms with Gasteiger partial charge in [-0.2, -0.15) is 4.31 Å². The molecule has 1 fully saturated rings. The molecule has 0 unspecified atom stereocenters. The maximum absolute atomic E-state index is 13.6. The molecule has 1 amide bonds. The van der Waals surface area contributed by atoms with Gasteiger partial charge in [0.25, 0.3) is 0 Å². The molecule has 2 rings (SSSR count). The highest BCUT2D eigenvalue weighted by Crippen LogP contribution is 2.24. The second kappa shape index (κ2) is 8.58. The average molecular weight is 356 g/mol. The monoisotopic (exact) mass is 356 g/mol. The average Bonchev–Trinajstić information content (AvgIpc) is 2.77. The van der Waals surface area contributed by atoms with Gasteiger partial charge in [0, 0.05) is 19.0 Å². The number of rotatable bonds is 6. The quantitative estimate of drug-likeness (QED) is 0.796. The lowest BCUT2D eigenvalue weighted by molar-refractivity contribution is -0.116. The van der Waals surface area contributed by atoms with Gasteiger partial charge < -0.3 is 5.32 Å². The second-order valence-electron chi connectivity index (χ2n) is 6.30. The van der Waals surface area contributed by atoms with Gasteiger partial charge in [-0.25, -0.2) is 12.8 Å². The zero-order valence-electron chi connectivity index (χ0n) is 14.0. The first kappa shape index (κ1) is 18.9. The predicted molar refractivity (Wildman–Crippen MR) is 92.7 cm³/mol. The summed E-state index contributed by atoms with van der Waals surface area (Å²) in [5.41, 5.74) is 0.114. The molecule has 0 heterocycles. The van der Waals surface area contributed by atoms with E-state index in [1.165, 1.54) is 22.7 Å². The normalized spacial score (nSPS) is 16.8. The van der Waals surface area contributed by atoms with Crippen LogP contribution in [0.3, 0.4) is 0 Å². The number of anilines is 1. The lowest BCUT2D eigenvalue weighted by Gasteiger charge is -2.28. The van der Waals surface area contributed by atoms with Crippen LogP contribution in [0, 0.1) is 5.82 Å². The van der Waals surface area contributed by atoms with Crippen molar-refractivity contribution < 1.29 is 17.6 Å². The summed E-state index contributed by atoms with van der Waals surface area (Å²) in [5, 5.41) is 2.50. The van der Waals surface area contributed by atoms with Crippen LogP contribution in [-0.2, 0) is 14.8 Å². The van der Waals surface area contributed by atoms with E-state index < -0.39 is 15.8 Å². The van der Waals surface area contributed by atoms with Crippen LogP contribution < -0.4 is 5.32 Å². The van der Waals surface area contributed by atoms with Crippen LogP contribution in [0.1, 0.15) is 44.9 Å². The number of para-hydroxylation sites is 1. The summed E-state index contributed by atoms with van der Waals surface area (Å²) >= 11 is 0. The van der Waals surface area contributed by atoms with Gasteiger partial charge in [-0.05, 0) is 25.0 Å². The number of hydrogen-bond acceptors (Lipinski definition) is 3. The molecule has 1 saturated carbocycles. The molecule has 0 atom stereocenters. The minimum atomic E-state index is -3.38. The minimum Gasteiger partial charge on any atom is -0.324 e. The number of sulfonamides is 1. The maximum Gasteiger partial charge on any atom is 0.225 e. The van der Waals surface area contributed by atoms with Crippen molar-refractivity contribution in [1.82, 2.24) is 4.31 Å². The van der Waals surface area contributed by atoms with Gasteiger partial charge in [0.15, 0.2) is 0 Å². The summed E-state index contributed by atoms with van der Waals surface area (Å²) < 4.78 is 39.2. The van der Waals surface area contributed by atoms with Crippen molar-refractivity contribution in [3.8, 4) is 0 Å². The molecule has 0 aromatic heterocycles. The molecular weight excluding hydrogens is 331 g/mol. The SMILES string of the molecule is CS(=O)(=O)N(CCC(=O)Nc1ccccc1F)C1CCCCCC1. The van der Waals surface area contributed by atoms with Gasteiger partial charge in [-0.3, -0.25) is 4.79 Å². The third-order valence-electron chi connectivity index (χ3n) is 4.37. The number of nitrogens with zero attached hydrogens (tertiary/aromatic N) is 1. The van der Waals surface area contributed by atoms with Gasteiger partial charge >= 0.3 is 0 Å². The summed E-state index contributed by atoms with van der Waals surface area (Å²) in [5.74, 6) is -0.892. The Morgan fingerprint density at radius 3 is 2.42 bits per heavy atom. The van der Waals surface area contributed by atoms with Gasteiger partial charge in [0.1, 0.15) is 5.82 Å². The first-order valence-corrected chi connectivity index (χ1v) is 10.2. The highest BCUT2D eigenvalue weighted by Gasteiger charge is 2.27. The van der Waals surface area contributed by atoms with E-state index in [1.807, 2.05) is 0 Å². The second-order valence-corrected chi connectivity index (χ2v) is 8.23. The Bertz CT molecular complexity index is 656. The molecular formula is C17H25FN2O3S. The fraction of sp³-hybridized carbons (Fsp3) is 0.588. The maximum atomic E-state index is 13.6. The number of amides is 1. The third-order valence-corrected chi connectivity index (χ3v) is 5.70. The lowest BCUT2D eigenvalue weighted by atomic mass is 10.1. The third kappa shape index (κ3) is 5.56. The Balaban J connectivity index is 1.97. The van der Waals surface area contributed by atoms with Crippen molar-refractivity contribution in [3.05, 3.63) is 30.1 Å². The van der Waals surface area contributed by atoms with Crippen LogP contribution >= 0.6 is 0 Å². The van der Waals surface area contributed by atoms with E-state index in [0.717, 1.165) is 38.5 Å². The van der Waals surface area contributed by atoms with Crippen molar-refractivity contribution in [2.45, 2.75) is 51.0 Å². The van der Waals surface area contributed by atoms with Gasteiger partial charge in [-0.15, -0.1) is 0 Å². The molecule has 0 radical (unpaired) electrons. The molecule has 1 aliphatic rings. The van der Waals surface area contributed by atoms with Crippen LogP contribution in [0.4, 0.5) is 10.1 Å².